The van der Waals surface area contributed by atoms with E-state index < -0.39 is 0 Å². The van der Waals surface area contributed by atoms with E-state index in [1.54, 1.807) is 4.90 Å². The summed E-state index contributed by atoms with van der Waals surface area (Å²) in [4.78, 5) is 25.2. The number of hydrogen-bond donors (Lipinski definition) is 1. The van der Waals surface area contributed by atoms with Gasteiger partial charge in [-0.2, -0.15) is 0 Å². The number of nitrogens with zero attached hydrogens (tertiary/aromatic N) is 1. The Bertz CT molecular complexity index is 475. The van der Waals surface area contributed by atoms with Gasteiger partial charge in [0, 0.05) is 31.6 Å². The second kappa shape index (κ2) is 7.08. The summed E-state index contributed by atoms with van der Waals surface area (Å²) in [5, 5.41) is 2.93. The summed E-state index contributed by atoms with van der Waals surface area (Å²) in [5.41, 5.74) is 2.97. The van der Waals surface area contributed by atoms with Gasteiger partial charge in [-0.15, -0.1) is 0 Å². The highest BCUT2D eigenvalue weighted by Gasteiger charge is 2.15. The van der Waals surface area contributed by atoms with Gasteiger partial charge in [0.1, 0.15) is 0 Å². The lowest BCUT2D eigenvalue weighted by Gasteiger charge is -2.25. The first-order valence-electron chi connectivity index (χ1n) is 6.96. The molecule has 1 N–H and O–H groups in total. The predicted octanol–water partition coefficient (Wildman–Crippen LogP) is 2.89. The molecule has 4 nitrogen and oxygen atoms in total. The maximum atomic E-state index is 12.0. The van der Waals surface area contributed by atoms with Crippen LogP contribution in [0, 0.1) is 13.8 Å². The average Bonchev–Trinajstić information content (AvgIpc) is 2.33. The minimum Gasteiger partial charge on any atom is -0.340 e. The second-order valence-corrected chi connectivity index (χ2v) is 5.37. The number of rotatable bonds is 5. The molecule has 0 saturated carbocycles. The van der Waals surface area contributed by atoms with Crippen LogP contribution in [-0.2, 0) is 9.59 Å². The fraction of sp³-hybridized carbons (Fsp3) is 0.500. The molecule has 4 heteroatoms. The molecular formula is C16H24N2O2. The van der Waals surface area contributed by atoms with Crippen molar-refractivity contribution in [1.82, 2.24) is 4.90 Å². The molecule has 0 heterocycles. The fourth-order valence-corrected chi connectivity index (χ4v) is 2.21. The van der Waals surface area contributed by atoms with E-state index in [0.29, 0.717) is 13.0 Å². The van der Waals surface area contributed by atoms with Crippen molar-refractivity contribution in [3.05, 3.63) is 29.3 Å². The summed E-state index contributed by atoms with van der Waals surface area (Å²) in [6, 6.07) is 6.02. The monoisotopic (exact) mass is 276 g/mol. The van der Waals surface area contributed by atoms with Crippen LogP contribution in [0.2, 0.25) is 0 Å². The van der Waals surface area contributed by atoms with Gasteiger partial charge in [0.15, 0.2) is 0 Å². The number of anilines is 1. The van der Waals surface area contributed by atoms with Gasteiger partial charge in [-0.1, -0.05) is 18.2 Å². The quantitative estimate of drug-likeness (QED) is 0.899. The average molecular weight is 276 g/mol. The summed E-state index contributed by atoms with van der Waals surface area (Å²) in [6.07, 6.45) is 0.311. The topological polar surface area (TPSA) is 49.4 Å². The highest BCUT2D eigenvalue weighted by Crippen LogP contribution is 2.19. The Kier molecular flexibility index (Phi) is 5.74. The third kappa shape index (κ3) is 4.37. The minimum absolute atomic E-state index is 0.000118. The molecule has 0 radical (unpaired) electrons. The van der Waals surface area contributed by atoms with Gasteiger partial charge in [0.2, 0.25) is 11.8 Å². The third-order valence-electron chi connectivity index (χ3n) is 3.35. The van der Waals surface area contributed by atoms with Crippen molar-refractivity contribution in [1.29, 1.82) is 0 Å². The van der Waals surface area contributed by atoms with E-state index in [-0.39, 0.29) is 17.9 Å². The largest absolute Gasteiger partial charge is 0.340 e. The molecule has 0 unspecified atom stereocenters. The molecule has 0 fully saturated rings. The van der Waals surface area contributed by atoms with Crippen LogP contribution in [0.5, 0.6) is 0 Å². The molecule has 0 saturated heterocycles. The van der Waals surface area contributed by atoms with E-state index >= 15 is 0 Å². The first-order chi connectivity index (χ1) is 9.32. The second-order valence-electron chi connectivity index (χ2n) is 5.37. The smallest absolute Gasteiger partial charge is 0.226 e. The van der Waals surface area contributed by atoms with E-state index in [1.165, 1.54) is 6.92 Å². The molecule has 0 aliphatic heterocycles. The zero-order valence-corrected chi connectivity index (χ0v) is 13.0. The zero-order valence-electron chi connectivity index (χ0n) is 13.0. The number of aryl methyl sites for hydroxylation is 2. The molecule has 1 aromatic carbocycles. The van der Waals surface area contributed by atoms with Crippen LogP contribution >= 0.6 is 0 Å². The maximum Gasteiger partial charge on any atom is 0.226 e. The highest BCUT2D eigenvalue weighted by molar-refractivity contribution is 5.92. The van der Waals surface area contributed by atoms with E-state index in [4.69, 9.17) is 0 Å². The Morgan fingerprint density at radius 1 is 1.20 bits per heavy atom. The maximum absolute atomic E-state index is 12.0. The van der Waals surface area contributed by atoms with Crippen molar-refractivity contribution in [3.8, 4) is 0 Å². The lowest BCUT2D eigenvalue weighted by atomic mass is 10.1. The molecular weight excluding hydrogens is 252 g/mol. The van der Waals surface area contributed by atoms with Crippen LogP contribution in [0.1, 0.15) is 38.3 Å². The molecule has 0 atom stereocenters. The van der Waals surface area contributed by atoms with Gasteiger partial charge < -0.3 is 10.2 Å². The Morgan fingerprint density at radius 3 is 2.20 bits per heavy atom. The number of hydrogen-bond acceptors (Lipinski definition) is 2. The van der Waals surface area contributed by atoms with Gasteiger partial charge in [-0.25, -0.2) is 0 Å². The lowest BCUT2D eigenvalue weighted by molar-refractivity contribution is -0.130. The predicted molar refractivity (Wildman–Crippen MR) is 81.7 cm³/mol. The van der Waals surface area contributed by atoms with E-state index in [0.717, 1.165) is 16.8 Å². The van der Waals surface area contributed by atoms with Gasteiger partial charge in [0.25, 0.3) is 0 Å². The standard InChI is InChI=1S/C16H24N2O2/c1-11(2)18(14(5)19)10-9-15(20)17-16-12(3)7-6-8-13(16)4/h6-8,11H,9-10H2,1-5H3,(H,17,20). The first-order valence-corrected chi connectivity index (χ1v) is 6.96. The Labute approximate surface area is 121 Å². The van der Waals surface area contributed by atoms with E-state index in [1.807, 2.05) is 45.9 Å². The van der Waals surface area contributed by atoms with Gasteiger partial charge in [-0.3, -0.25) is 9.59 Å². The summed E-state index contributed by atoms with van der Waals surface area (Å²) in [5.74, 6) is -0.0610. The first kappa shape index (κ1) is 16.2. The molecule has 110 valence electrons. The van der Waals surface area contributed by atoms with Crippen molar-refractivity contribution in [2.75, 3.05) is 11.9 Å². The molecule has 2 amide bonds. The number of para-hydroxylation sites is 1. The molecule has 1 rings (SSSR count). The van der Waals surface area contributed by atoms with Gasteiger partial charge in [0.05, 0.1) is 0 Å². The Balaban J connectivity index is 2.62. The van der Waals surface area contributed by atoms with Crippen LogP contribution in [0.25, 0.3) is 0 Å². The highest BCUT2D eigenvalue weighted by atomic mass is 16.2. The summed E-state index contributed by atoms with van der Waals surface area (Å²) in [7, 11) is 0. The molecule has 0 aromatic heterocycles. The van der Waals surface area contributed by atoms with Crippen LogP contribution in [0.15, 0.2) is 18.2 Å². The van der Waals surface area contributed by atoms with Crippen molar-refractivity contribution in [3.63, 3.8) is 0 Å². The lowest BCUT2D eigenvalue weighted by Crippen LogP contribution is -2.37. The normalized spacial score (nSPS) is 10.5. The molecule has 0 spiro atoms. The van der Waals surface area contributed by atoms with Crippen LogP contribution < -0.4 is 5.32 Å². The molecule has 0 aliphatic rings. The number of amides is 2. The summed E-state index contributed by atoms with van der Waals surface area (Å²) >= 11 is 0. The fourth-order valence-electron chi connectivity index (χ4n) is 2.21. The van der Waals surface area contributed by atoms with Gasteiger partial charge in [-0.05, 0) is 38.8 Å². The van der Waals surface area contributed by atoms with Gasteiger partial charge >= 0.3 is 0 Å². The number of benzene rings is 1. The number of carbonyl (C=O) groups is 2. The Morgan fingerprint density at radius 2 is 1.75 bits per heavy atom. The van der Waals surface area contributed by atoms with Crippen LogP contribution in [-0.4, -0.2) is 29.3 Å². The molecule has 0 bridgehead atoms. The third-order valence-corrected chi connectivity index (χ3v) is 3.35. The van der Waals surface area contributed by atoms with Crippen molar-refractivity contribution in [2.24, 2.45) is 0 Å². The van der Waals surface area contributed by atoms with E-state index in [9.17, 15) is 9.59 Å². The molecule has 0 aliphatic carbocycles. The van der Waals surface area contributed by atoms with Crippen molar-refractivity contribution in [2.45, 2.75) is 47.1 Å². The SMILES string of the molecule is CC(=O)N(CCC(=O)Nc1c(C)cccc1C)C(C)C. The Hall–Kier alpha value is -1.84. The minimum atomic E-state index is -0.0608. The van der Waals surface area contributed by atoms with Crippen LogP contribution in [0.4, 0.5) is 5.69 Å². The van der Waals surface area contributed by atoms with E-state index in [2.05, 4.69) is 5.32 Å². The molecule has 20 heavy (non-hydrogen) atoms. The van der Waals surface area contributed by atoms with Crippen molar-refractivity contribution >= 4 is 17.5 Å². The summed E-state index contributed by atoms with van der Waals surface area (Å²) < 4.78 is 0. The van der Waals surface area contributed by atoms with Crippen LogP contribution in [0.3, 0.4) is 0 Å². The van der Waals surface area contributed by atoms with Crippen molar-refractivity contribution < 1.29 is 9.59 Å². The molecule has 1 aromatic rings. The zero-order chi connectivity index (χ0) is 15.3. The number of nitrogens with one attached hydrogen (secondary N) is 1. The number of carbonyl (C=O) groups excluding carboxylic acids is 2. The summed E-state index contributed by atoms with van der Waals surface area (Å²) in [6.45, 7) is 9.82.